The van der Waals surface area contributed by atoms with Crippen molar-refractivity contribution in [2.45, 2.75) is 6.04 Å². The molecule has 0 radical (unpaired) electrons. The lowest BCUT2D eigenvalue weighted by Crippen LogP contribution is -2.40. The Morgan fingerprint density at radius 2 is 1.43 bits per heavy atom. The van der Waals surface area contributed by atoms with Crippen LogP contribution < -0.4 is 15.7 Å². The normalized spacial score (nSPS) is 15.6. The van der Waals surface area contributed by atoms with Gasteiger partial charge in [-0.2, -0.15) is 0 Å². The fraction of sp³-hybridized carbons (Fsp3) is 0.0500. The monoisotopic (exact) mass is 592 g/mol. The van der Waals surface area contributed by atoms with Crippen molar-refractivity contribution in [2.24, 2.45) is 4.99 Å². The molecule has 9 aromatic rings. The van der Waals surface area contributed by atoms with Crippen LogP contribution in [0.3, 0.4) is 0 Å². The van der Waals surface area contributed by atoms with Gasteiger partial charge in [0.2, 0.25) is 0 Å². The van der Waals surface area contributed by atoms with Gasteiger partial charge in [-0.3, -0.25) is 4.99 Å². The number of hydrogen-bond donors (Lipinski definition) is 0. The van der Waals surface area contributed by atoms with Crippen LogP contribution in [0.15, 0.2) is 141 Å². The predicted octanol–water partition coefficient (Wildman–Crippen LogP) is 8.18. The third-order valence-electron chi connectivity index (χ3n) is 9.73. The number of nitrogens with zero attached hydrogens (tertiary/aromatic N) is 4. The molecule has 0 saturated heterocycles. The second kappa shape index (κ2) is 8.73. The van der Waals surface area contributed by atoms with E-state index in [9.17, 15) is 0 Å². The summed E-state index contributed by atoms with van der Waals surface area (Å²) in [6.45, 7) is 0.626. The maximum absolute atomic E-state index is 6.98. The third kappa shape index (κ3) is 3.05. The highest BCUT2D eigenvalue weighted by Crippen LogP contribution is 2.44. The molecule has 1 unspecified atom stereocenters. The van der Waals surface area contributed by atoms with E-state index in [0.29, 0.717) is 6.54 Å². The van der Waals surface area contributed by atoms with E-state index in [2.05, 4.69) is 119 Å². The quantitative estimate of drug-likeness (QED) is 0.203. The number of para-hydroxylation sites is 4. The lowest BCUT2D eigenvalue weighted by Gasteiger charge is -2.27. The first kappa shape index (κ1) is 24.2. The molecular formula is C40H24N4O2. The summed E-state index contributed by atoms with van der Waals surface area (Å²) < 4.78 is 15.4. The maximum atomic E-state index is 6.98. The number of fused-ring (bicyclic) bond motifs is 13. The third-order valence-corrected chi connectivity index (χ3v) is 9.73. The highest BCUT2D eigenvalue weighted by molar-refractivity contribution is 6.19. The average Bonchev–Trinajstić information content (AvgIpc) is 3.85. The number of aromatic nitrogens is 2. The van der Waals surface area contributed by atoms with E-state index in [0.717, 1.165) is 77.0 Å². The Hall–Kier alpha value is -6.14. The van der Waals surface area contributed by atoms with Crippen molar-refractivity contribution in [1.29, 1.82) is 0 Å². The Labute approximate surface area is 261 Å². The summed E-state index contributed by atoms with van der Waals surface area (Å²) in [5, 5.41) is 5.20. The molecule has 5 aromatic carbocycles. The maximum Gasteiger partial charge on any atom is 0.165 e. The molecule has 11 rings (SSSR count). The number of furan rings is 2. The fourth-order valence-electron chi connectivity index (χ4n) is 7.83. The van der Waals surface area contributed by atoms with Gasteiger partial charge < -0.3 is 18.3 Å². The molecule has 0 fully saturated rings. The molecule has 0 aliphatic carbocycles. The smallest absolute Gasteiger partial charge is 0.165 e. The van der Waals surface area contributed by atoms with Crippen LogP contribution in [0.2, 0.25) is 0 Å². The van der Waals surface area contributed by atoms with Crippen molar-refractivity contribution in [3.8, 4) is 5.69 Å². The highest BCUT2D eigenvalue weighted by Gasteiger charge is 2.38. The van der Waals surface area contributed by atoms with Gasteiger partial charge >= 0.3 is 0 Å². The number of benzene rings is 5. The van der Waals surface area contributed by atoms with Gasteiger partial charge in [0.05, 0.1) is 35.2 Å². The van der Waals surface area contributed by atoms with Crippen molar-refractivity contribution in [1.82, 2.24) is 9.55 Å². The molecule has 2 aliphatic heterocycles. The summed E-state index contributed by atoms with van der Waals surface area (Å²) in [6.07, 6.45) is 1.98. The van der Waals surface area contributed by atoms with Crippen molar-refractivity contribution in [3.05, 3.63) is 144 Å². The van der Waals surface area contributed by atoms with Crippen LogP contribution >= 0.6 is 0 Å². The fourth-order valence-corrected chi connectivity index (χ4v) is 7.83. The Kier molecular flexibility index (Phi) is 4.60. The van der Waals surface area contributed by atoms with E-state index in [4.69, 9.17) is 18.8 Å². The van der Waals surface area contributed by atoms with Crippen molar-refractivity contribution in [2.75, 3.05) is 11.4 Å². The number of anilines is 2. The van der Waals surface area contributed by atoms with Crippen LogP contribution in [-0.2, 0) is 0 Å². The second-order valence-electron chi connectivity index (χ2n) is 12.1. The first-order chi connectivity index (χ1) is 22.8. The summed E-state index contributed by atoms with van der Waals surface area (Å²) in [4.78, 5) is 12.6. The summed E-state index contributed by atoms with van der Waals surface area (Å²) in [5.41, 5.74) is 12.0. The van der Waals surface area contributed by atoms with Gasteiger partial charge in [0.1, 0.15) is 22.0 Å². The molecule has 0 bridgehead atoms. The Balaban J connectivity index is 1.21. The van der Waals surface area contributed by atoms with Crippen LogP contribution in [0, 0.1) is 0 Å². The SMILES string of the molecule is c1ccc(N2c3ccccc3C3=c4oc5c(ncc6c5c5ccccc5n6-c5ccc6oc7ccccc7c6c5)c4=NCC32)cc1. The van der Waals surface area contributed by atoms with Crippen molar-refractivity contribution >= 4 is 71.8 Å². The van der Waals surface area contributed by atoms with E-state index in [-0.39, 0.29) is 6.04 Å². The molecular weight excluding hydrogens is 568 g/mol. The molecule has 0 amide bonds. The number of hydrogen-bond acceptors (Lipinski definition) is 5. The molecule has 46 heavy (non-hydrogen) atoms. The molecule has 216 valence electrons. The minimum atomic E-state index is 0.0428. The highest BCUT2D eigenvalue weighted by atomic mass is 16.3. The zero-order valence-corrected chi connectivity index (χ0v) is 24.5. The summed E-state index contributed by atoms with van der Waals surface area (Å²) >= 11 is 0. The molecule has 4 aromatic heterocycles. The molecule has 6 heteroatoms. The van der Waals surface area contributed by atoms with E-state index in [1.165, 1.54) is 16.8 Å². The van der Waals surface area contributed by atoms with Crippen LogP contribution in [0.25, 0.3) is 66.1 Å². The zero-order valence-electron chi connectivity index (χ0n) is 24.5. The largest absolute Gasteiger partial charge is 0.456 e. The lowest BCUT2D eigenvalue weighted by atomic mass is 10.0. The van der Waals surface area contributed by atoms with Crippen LogP contribution in [0.4, 0.5) is 11.4 Å². The minimum absolute atomic E-state index is 0.0428. The van der Waals surface area contributed by atoms with Crippen molar-refractivity contribution in [3.63, 3.8) is 0 Å². The number of pyridine rings is 1. The Morgan fingerprint density at radius 1 is 0.652 bits per heavy atom. The standard InChI is InChI=1S/C40H24N4O2/c1-2-10-23(11-3-1)43-29-15-7-4-13-26(29)35-31(43)21-41-37-38-40(46-39(35)37)36-27-14-5-8-16-30(27)44(32(36)22-42-38)24-18-19-34-28(20-24)25-12-6-9-17-33(25)45-34/h1-20,22,31H,21H2. The van der Waals surface area contributed by atoms with Crippen LogP contribution in [-0.4, -0.2) is 22.1 Å². The Morgan fingerprint density at radius 3 is 2.37 bits per heavy atom. The molecule has 0 N–H and O–H groups in total. The first-order valence-electron chi connectivity index (χ1n) is 15.6. The summed E-state index contributed by atoms with van der Waals surface area (Å²) in [5.74, 6) is 0. The number of rotatable bonds is 2. The van der Waals surface area contributed by atoms with Gasteiger partial charge in [0.25, 0.3) is 0 Å². The van der Waals surface area contributed by atoms with E-state index < -0.39 is 0 Å². The molecule has 6 heterocycles. The van der Waals surface area contributed by atoms with E-state index >= 15 is 0 Å². The molecule has 0 spiro atoms. The van der Waals surface area contributed by atoms with Gasteiger partial charge in [-0.05, 0) is 48.5 Å². The van der Waals surface area contributed by atoms with Gasteiger partial charge in [-0.25, -0.2) is 4.98 Å². The second-order valence-corrected chi connectivity index (χ2v) is 12.1. The molecule has 1 atom stereocenters. The van der Waals surface area contributed by atoms with E-state index in [1.54, 1.807) is 0 Å². The molecule has 0 saturated carbocycles. The summed E-state index contributed by atoms with van der Waals surface area (Å²) in [6, 6.07) is 42.3. The van der Waals surface area contributed by atoms with Crippen LogP contribution in [0.1, 0.15) is 5.56 Å². The van der Waals surface area contributed by atoms with E-state index in [1.807, 2.05) is 18.3 Å². The van der Waals surface area contributed by atoms with Gasteiger partial charge in [-0.1, -0.05) is 72.8 Å². The predicted molar refractivity (Wildman–Crippen MR) is 183 cm³/mol. The topological polar surface area (TPSA) is 59.7 Å². The minimum Gasteiger partial charge on any atom is -0.456 e. The Bertz CT molecular complexity index is 2860. The summed E-state index contributed by atoms with van der Waals surface area (Å²) in [7, 11) is 0. The van der Waals surface area contributed by atoms with Gasteiger partial charge in [0.15, 0.2) is 11.0 Å². The lowest BCUT2D eigenvalue weighted by molar-refractivity contribution is 0.561. The molecule has 6 nitrogen and oxygen atoms in total. The average molecular weight is 593 g/mol. The van der Waals surface area contributed by atoms with Gasteiger partial charge in [0, 0.05) is 44.4 Å². The zero-order chi connectivity index (χ0) is 29.9. The molecule has 2 aliphatic rings. The first-order valence-corrected chi connectivity index (χ1v) is 15.6. The van der Waals surface area contributed by atoms with Gasteiger partial charge in [-0.15, -0.1) is 0 Å². The van der Waals surface area contributed by atoms with Crippen molar-refractivity contribution < 1.29 is 8.83 Å². The van der Waals surface area contributed by atoms with Crippen LogP contribution in [0.5, 0.6) is 0 Å².